The van der Waals surface area contributed by atoms with Crippen molar-refractivity contribution in [3.63, 3.8) is 0 Å². The summed E-state index contributed by atoms with van der Waals surface area (Å²) in [6, 6.07) is 6.50. The first kappa shape index (κ1) is 13.4. The summed E-state index contributed by atoms with van der Waals surface area (Å²) in [5.74, 6) is 0. The fourth-order valence-corrected chi connectivity index (χ4v) is 1.60. The molecular formula is C12H19N3O2. The molecule has 1 rings (SSSR count). The summed E-state index contributed by atoms with van der Waals surface area (Å²) >= 11 is 0. The van der Waals surface area contributed by atoms with E-state index in [1.54, 1.807) is 12.1 Å². The molecule has 0 fully saturated rings. The second-order valence-electron chi connectivity index (χ2n) is 3.76. The van der Waals surface area contributed by atoms with E-state index < -0.39 is 0 Å². The van der Waals surface area contributed by atoms with Crippen LogP contribution in [0, 0.1) is 10.1 Å². The molecule has 0 aliphatic heterocycles. The molecule has 0 saturated heterocycles. The number of anilines is 1. The van der Waals surface area contributed by atoms with Crippen LogP contribution in [-0.4, -0.2) is 36.0 Å². The van der Waals surface area contributed by atoms with Crippen molar-refractivity contribution in [1.29, 1.82) is 0 Å². The summed E-state index contributed by atoms with van der Waals surface area (Å²) in [5.41, 5.74) is 1.04. The largest absolute Gasteiger partial charge is 0.384 e. The van der Waals surface area contributed by atoms with Crippen LogP contribution >= 0.6 is 0 Å². The monoisotopic (exact) mass is 237 g/mol. The number of nitrogens with one attached hydrogen (secondary N) is 1. The van der Waals surface area contributed by atoms with Crippen molar-refractivity contribution >= 4 is 11.4 Å². The molecule has 5 nitrogen and oxygen atoms in total. The summed E-state index contributed by atoms with van der Waals surface area (Å²) < 4.78 is 0. The van der Waals surface area contributed by atoms with Crippen molar-refractivity contribution in [3.05, 3.63) is 34.4 Å². The van der Waals surface area contributed by atoms with E-state index in [1.807, 2.05) is 0 Å². The smallest absolute Gasteiger partial charge is 0.269 e. The van der Waals surface area contributed by atoms with Crippen molar-refractivity contribution in [2.75, 3.05) is 31.5 Å². The number of benzene rings is 1. The van der Waals surface area contributed by atoms with Crippen LogP contribution in [0.5, 0.6) is 0 Å². The average molecular weight is 237 g/mol. The summed E-state index contributed by atoms with van der Waals surface area (Å²) in [6.45, 7) is 8.17. The molecule has 0 saturated carbocycles. The standard InChI is InChI=1S/C12H19N3O2/c1-3-14(4-2)10-9-13-11-5-7-12(8-6-11)15(16)17/h5-8,13H,3-4,9-10H2,1-2H3. The third-order valence-electron chi connectivity index (χ3n) is 2.73. The van der Waals surface area contributed by atoms with Crippen LogP contribution in [0.2, 0.25) is 0 Å². The third kappa shape index (κ3) is 4.40. The van der Waals surface area contributed by atoms with Gasteiger partial charge in [-0.2, -0.15) is 0 Å². The first-order chi connectivity index (χ1) is 8.17. The molecule has 0 aliphatic rings. The van der Waals surface area contributed by atoms with E-state index in [0.717, 1.165) is 31.9 Å². The van der Waals surface area contributed by atoms with Crippen LogP contribution in [0.15, 0.2) is 24.3 Å². The molecule has 0 unspecified atom stereocenters. The molecule has 0 spiro atoms. The Hall–Kier alpha value is -1.62. The van der Waals surface area contributed by atoms with Crippen LogP contribution < -0.4 is 5.32 Å². The molecule has 5 heteroatoms. The Balaban J connectivity index is 2.39. The van der Waals surface area contributed by atoms with Crippen LogP contribution in [0.25, 0.3) is 0 Å². The maximum absolute atomic E-state index is 10.5. The van der Waals surface area contributed by atoms with E-state index >= 15 is 0 Å². The van der Waals surface area contributed by atoms with E-state index in [-0.39, 0.29) is 10.6 Å². The lowest BCUT2D eigenvalue weighted by molar-refractivity contribution is -0.384. The SMILES string of the molecule is CCN(CC)CCNc1ccc([N+](=O)[O-])cc1. The summed E-state index contributed by atoms with van der Waals surface area (Å²) in [6.07, 6.45) is 0. The normalized spacial score (nSPS) is 10.5. The Bertz CT molecular complexity index is 347. The van der Waals surface area contributed by atoms with Crippen LogP contribution in [0.3, 0.4) is 0 Å². The van der Waals surface area contributed by atoms with Gasteiger partial charge in [0.2, 0.25) is 0 Å². The van der Waals surface area contributed by atoms with Gasteiger partial charge in [0.25, 0.3) is 5.69 Å². The first-order valence-corrected chi connectivity index (χ1v) is 5.88. The van der Waals surface area contributed by atoms with Gasteiger partial charge in [-0.25, -0.2) is 0 Å². The highest BCUT2D eigenvalue weighted by Gasteiger charge is 2.03. The van der Waals surface area contributed by atoms with Crippen molar-refractivity contribution in [3.8, 4) is 0 Å². The Morgan fingerprint density at radius 2 is 1.82 bits per heavy atom. The van der Waals surface area contributed by atoms with Gasteiger partial charge in [0, 0.05) is 30.9 Å². The number of rotatable bonds is 7. The van der Waals surface area contributed by atoms with Gasteiger partial charge < -0.3 is 10.2 Å². The fourth-order valence-electron chi connectivity index (χ4n) is 1.60. The van der Waals surface area contributed by atoms with Crippen molar-refractivity contribution in [1.82, 2.24) is 4.90 Å². The predicted octanol–water partition coefficient (Wildman–Crippen LogP) is 2.35. The molecule has 0 aromatic heterocycles. The topological polar surface area (TPSA) is 58.4 Å². The number of nitro groups is 1. The number of likely N-dealkylation sites (N-methyl/N-ethyl adjacent to an activating group) is 1. The Kier molecular flexibility index (Phi) is 5.42. The molecule has 0 radical (unpaired) electrons. The van der Waals surface area contributed by atoms with Gasteiger partial charge in [0.1, 0.15) is 0 Å². The molecule has 0 amide bonds. The molecule has 17 heavy (non-hydrogen) atoms. The zero-order valence-electron chi connectivity index (χ0n) is 10.3. The zero-order valence-corrected chi connectivity index (χ0v) is 10.3. The van der Waals surface area contributed by atoms with Crippen LogP contribution in [0.4, 0.5) is 11.4 Å². The second-order valence-corrected chi connectivity index (χ2v) is 3.76. The highest BCUT2D eigenvalue weighted by atomic mass is 16.6. The van der Waals surface area contributed by atoms with E-state index in [2.05, 4.69) is 24.1 Å². The third-order valence-corrected chi connectivity index (χ3v) is 2.73. The second kappa shape index (κ2) is 6.85. The maximum Gasteiger partial charge on any atom is 0.269 e. The molecular weight excluding hydrogens is 218 g/mol. The van der Waals surface area contributed by atoms with Gasteiger partial charge in [-0.3, -0.25) is 10.1 Å². The molecule has 1 N–H and O–H groups in total. The van der Waals surface area contributed by atoms with Crippen LogP contribution in [-0.2, 0) is 0 Å². The number of hydrogen-bond donors (Lipinski definition) is 1. The number of non-ortho nitro benzene ring substituents is 1. The Morgan fingerprint density at radius 1 is 1.24 bits per heavy atom. The minimum atomic E-state index is -0.389. The molecule has 0 atom stereocenters. The van der Waals surface area contributed by atoms with Gasteiger partial charge in [-0.15, -0.1) is 0 Å². The van der Waals surface area contributed by atoms with E-state index in [0.29, 0.717) is 0 Å². The quantitative estimate of drug-likeness (QED) is 0.584. The lowest BCUT2D eigenvalue weighted by Crippen LogP contribution is -2.28. The maximum atomic E-state index is 10.5. The summed E-state index contributed by atoms with van der Waals surface area (Å²) in [7, 11) is 0. The number of nitrogens with zero attached hydrogens (tertiary/aromatic N) is 2. The minimum absolute atomic E-state index is 0.124. The molecule has 0 bridgehead atoms. The van der Waals surface area contributed by atoms with E-state index in [9.17, 15) is 10.1 Å². The molecule has 1 aromatic rings. The summed E-state index contributed by atoms with van der Waals surface area (Å²) in [4.78, 5) is 12.4. The van der Waals surface area contributed by atoms with Gasteiger partial charge >= 0.3 is 0 Å². The highest BCUT2D eigenvalue weighted by Crippen LogP contribution is 2.14. The van der Waals surface area contributed by atoms with Gasteiger partial charge in [-0.1, -0.05) is 13.8 Å². The zero-order chi connectivity index (χ0) is 12.7. The fraction of sp³-hybridized carbons (Fsp3) is 0.500. The molecule has 0 heterocycles. The number of hydrogen-bond acceptors (Lipinski definition) is 4. The van der Waals surface area contributed by atoms with Gasteiger partial charge in [-0.05, 0) is 25.2 Å². The molecule has 94 valence electrons. The van der Waals surface area contributed by atoms with E-state index in [4.69, 9.17) is 0 Å². The lowest BCUT2D eigenvalue weighted by Gasteiger charge is -2.18. The minimum Gasteiger partial charge on any atom is -0.384 e. The van der Waals surface area contributed by atoms with Crippen molar-refractivity contribution in [2.45, 2.75) is 13.8 Å². The molecule has 0 aliphatic carbocycles. The van der Waals surface area contributed by atoms with Crippen LogP contribution in [0.1, 0.15) is 13.8 Å². The average Bonchev–Trinajstić information content (AvgIpc) is 2.35. The summed E-state index contributed by atoms with van der Waals surface area (Å²) in [5, 5.41) is 13.7. The van der Waals surface area contributed by atoms with Crippen molar-refractivity contribution in [2.24, 2.45) is 0 Å². The Labute approximate surface area is 102 Å². The van der Waals surface area contributed by atoms with Crippen molar-refractivity contribution < 1.29 is 4.92 Å². The molecule has 1 aromatic carbocycles. The number of nitro benzene ring substituents is 1. The predicted molar refractivity (Wildman–Crippen MR) is 69.4 cm³/mol. The highest BCUT2D eigenvalue weighted by molar-refractivity contribution is 5.48. The van der Waals surface area contributed by atoms with Gasteiger partial charge in [0.15, 0.2) is 0 Å². The lowest BCUT2D eigenvalue weighted by atomic mass is 10.3. The van der Waals surface area contributed by atoms with Gasteiger partial charge in [0.05, 0.1) is 4.92 Å². The first-order valence-electron chi connectivity index (χ1n) is 5.88. The van der Waals surface area contributed by atoms with E-state index in [1.165, 1.54) is 12.1 Å². The Morgan fingerprint density at radius 3 is 2.29 bits per heavy atom.